The van der Waals surface area contributed by atoms with E-state index in [0.717, 1.165) is 0 Å². The molecule has 244 valence electrons. The zero-order valence-electron chi connectivity index (χ0n) is 29.8. The molecule has 0 amide bonds. The van der Waals surface area contributed by atoms with E-state index in [1.54, 1.807) is 22.3 Å². The molecule has 4 aromatic rings. The van der Waals surface area contributed by atoms with Crippen molar-refractivity contribution in [2.24, 2.45) is 11.8 Å². The smallest absolute Gasteiger partial charge is 1.00 e. The molecule has 2 unspecified atom stereocenters. The average Bonchev–Trinajstić information content (AvgIpc) is 3.56. The summed E-state index contributed by atoms with van der Waals surface area (Å²) in [6.45, 7) is 23.4. The number of halogens is 2. The number of hydrogen-bond donors (Lipinski definition) is 0. The summed E-state index contributed by atoms with van der Waals surface area (Å²) in [6.07, 6.45) is 5.14. The largest absolute Gasteiger partial charge is 1.00 e. The van der Waals surface area contributed by atoms with Crippen LogP contribution in [-0.4, -0.2) is 0 Å². The maximum Gasteiger partial charge on any atom is -1.00 e. The fourth-order valence-corrected chi connectivity index (χ4v) is 11.0. The van der Waals surface area contributed by atoms with Crippen LogP contribution in [0.1, 0.15) is 111 Å². The van der Waals surface area contributed by atoms with E-state index in [1.165, 1.54) is 44.5 Å². The van der Waals surface area contributed by atoms with Gasteiger partial charge in [0.05, 0.1) is 0 Å². The summed E-state index contributed by atoms with van der Waals surface area (Å²) in [5.74, 6) is 1.06. The Kier molecular flexibility index (Phi) is 11.4. The Morgan fingerprint density at radius 3 is 1.13 bits per heavy atom. The van der Waals surface area contributed by atoms with Crippen molar-refractivity contribution in [3.8, 4) is 22.3 Å². The molecule has 0 fully saturated rings. The second-order valence-electron chi connectivity index (χ2n) is 15.9. The molecule has 0 radical (unpaired) electrons. The Morgan fingerprint density at radius 1 is 0.489 bits per heavy atom. The van der Waals surface area contributed by atoms with Gasteiger partial charge < -0.3 is 24.8 Å². The van der Waals surface area contributed by atoms with E-state index in [4.69, 9.17) is 0 Å². The van der Waals surface area contributed by atoms with E-state index < -0.39 is 19.2 Å². The predicted molar refractivity (Wildman–Crippen MR) is 192 cm³/mol. The zero-order chi connectivity index (χ0) is 32.3. The van der Waals surface area contributed by atoms with Crippen molar-refractivity contribution in [1.82, 2.24) is 0 Å². The van der Waals surface area contributed by atoms with Gasteiger partial charge in [-0.05, 0) is 0 Å². The monoisotopic (exact) mass is 696 g/mol. The Morgan fingerprint density at radius 2 is 0.830 bits per heavy atom. The van der Waals surface area contributed by atoms with Crippen LogP contribution in [0.25, 0.3) is 34.4 Å². The summed E-state index contributed by atoms with van der Waals surface area (Å²) < 4.78 is 1.09. The minimum absolute atomic E-state index is 0. The fourth-order valence-electron chi connectivity index (χ4n) is 7.19. The second-order valence-corrected chi connectivity index (χ2v) is 18.2. The summed E-state index contributed by atoms with van der Waals surface area (Å²) in [6, 6.07) is 32.8. The van der Waals surface area contributed by atoms with Crippen LogP contribution in [0.4, 0.5) is 0 Å². The molecule has 0 N–H and O–H groups in total. The van der Waals surface area contributed by atoms with Gasteiger partial charge in [-0.2, -0.15) is 0 Å². The maximum atomic E-state index is 2.57. The molecule has 0 nitrogen and oxygen atoms in total. The average molecular weight is 698 g/mol. The van der Waals surface area contributed by atoms with Gasteiger partial charge in [-0.25, -0.2) is 0 Å². The van der Waals surface area contributed by atoms with Crippen molar-refractivity contribution in [2.75, 3.05) is 0 Å². The predicted octanol–water partition coefficient (Wildman–Crippen LogP) is 6.59. The van der Waals surface area contributed by atoms with Crippen LogP contribution in [0.2, 0.25) is 0 Å². The van der Waals surface area contributed by atoms with Crippen LogP contribution in [0.3, 0.4) is 0 Å². The molecule has 6 rings (SSSR count). The normalized spacial score (nSPS) is 16.9. The van der Waals surface area contributed by atoms with E-state index in [-0.39, 0.29) is 35.6 Å². The number of rotatable bonds is 6. The van der Waals surface area contributed by atoms with Gasteiger partial charge in [0, 0.05) is 0 Å². The van der Waals surface area contributed by atoms with Crippen LogP contribution in [0, 0.1) is 11.8 Å². The Balaban J connectivity index is 0.00000250. The van der Waals surface area contributed by atoms with E-state index in [0.29, 0.717) is 20.3 Å². The van der Waals surface area contributed by atoms with Gasteiger partial charge in [-0.15, -0.1) is 0 Å². The summed E-state index contributed by atoms with van der Waals surface area (Å²) in [7, 11) is 0. The van der Waals surface area contributed by atoms with Gasteiger partial charge in [0.15, 0.2) is 0 Å². The molecule has 2 aliphatic carbocycles. The first-order valence-corrected chi connectivity index (χ1v) is 18.7. The molecule has 0 bridgehead atoms. The topological polar surface area (TPSA) is 0 Å². The molecular formula is C44H50Cl2Ti. The third kappa shape index (κ3) is 7.33. The first-order valence-electron chi connectivity index (χ1n) is 16.9. The molecule has 0 saturated heterocycles. The molecule has 0 saturated carbocycles. The first kappa shape index (κ1) is 37.5. The van der Waals surface area contributed by atoms with Crippen molar-refractivity contribution in [2.45, 2.75) is 88.5 Å². The molecule has 3 heteroatoms. The van der Waals surface area contributed by atoms with Crippen LogP contribution < -0.4 is 24.8 Å². The third-order valence-electron chi connectivity index (χ3n) is 9.98. The Hall–Kier alpha value is -2.35. The second kappa shape index (κ2) is 14.3. The van der Waals surface area contributed by atoms with Crippen molar-refractivity contribution < 1.29 is 44.0 Å². The summed E-state index contributed by atoms with van der Waals surface area (Å²) >= 11 is -0.439. The number of fused-ring (bicyclic) bond motifs is 2. The molecule has 2 atom stereocenters. The Bertz CT molecular complexity index is 1640. The van der Waals surface area contributed by atoms with Gasteiger partial charge in [0.1, 0.15) is 0 Å². The SMILES string of the molecule is CC(C)C1=Cc2c(-c3ccc(C(C)(C)C)cc3)cccc2[CH]1[Ti+2][CH]1C(C(C)C)=Cc2c(-c3ccc(C(C)(C)C)cc3)cccc21.[Cl-].[Cl-]. The maximum absolute atomic E-state index is 2.57. The minimum atomic E-state index is -0.439. The number of allylic oxidation sites excluding steroid dienone is 2. The van der Waals surface area contributed by atoms with Crippen LogP contribution >= 0.6 is 0 Å². The standard InChI is InChI=1S/2C22H25.2ClH.Ti/c2*1-15(2)18-13-17-7-6-8-20(21(17)14-18)16-9-11-19(12-10-16)22(3,4)5;;;/h2*6-15H,1-5H3;2*1H;/q;;;;+2/p-2. The molecule has 0 spiro atoms. The van der Waals surface area contributed by atoms with Gasteiger partial charge in [-0.3, -0.25) is 0 Å². The van der Waals surface area contributed by atoms with Gasteiger partial charge in [-0.1, -0.05) is 0 Å². The fraction of sp³-hybridized carbons (Fsp3) is 0.364. The van der Waals surface area contributed by atoms with Crippen LogP contribution in [0.15, 0.2) is 96.1 Å². The molecular weight excluding hydrogens is 647 g/mol. The molecule has 4 aromatic carbocycles. The van der Waals surface area contributed by atoms with E-state index in [1.807, 2.05) is 0 Å². The summed E-state index contributed by atoms with van der Waals surface area (Å²) in [5, 5.41) is 0. The van der Waals surface area contributed by atoms with Crippen molar-refractivity contribution in [1.29, 1.82) is 0 Å². The van der Waals surface area contributed by atoms with Gasteiger partial charge >= 0.3 is 283 Å². The molecule has 0 aromatic heterocycles. The van der Waals surface area contributed by atoms with E-state index in [9.17, 15) is 0 Å². The molecule has 47 heavy (non-hydrogen) atoms. The summed E-state index contributed by atoms with van der Waals surface area (Å²) in [5.41, 5.74) is 17.8. The first-order chi connectivity index (χ1) is 21.2. The summed E-state index contributed by atoms with van der Waals surface area (Å²) in [4.78, 5) is 0. The van der Waals surface area contributed by atoms with Crippen LogP contribution in [-0.2, 0) is 30.0 Å². The third-order valence-corrected chi connectivity index (χ3v) is 13.0. The van der Waals surface area contributed by atoms with E-state index in [2.05, 4.69) is 166 Å². The van der Waals surface area contributed by atoms with Gasteiger partial charge in [0.25, 0.3) is 0 Å². The van der Waals surface area contributed by atoms with Crippen molar-refractivity contribution >= 4 is 12.2 Å². The Labute approximate surface area is 306 Å². The van der Waals surface area contributed by atoms with Crippen LogP contribution in [0.5, 0.6) is 0 Å². The van der Waals surface area contributed by atoms with Gasteiger partial charge in [0.2, 0.25) is 0 Å². The quantitative estimate of drug-likeness (QED) is 0.200. The molecule has 0 heterocycles. The zero-order valence-corrected chi connectivity index (χ0v) is 32.9. The number of hydrogen-bond acceptors (Lipinski definition) is 0. The van der Waals surface area contributed by atoms with E-state index >= 15 is 0 Å². The number of benzene rings is 4. The van der Waals surface area contributed by atoms with Crippen molar-refractivity contribution in [3.05, 3.63) is 129 Å². The minimum Gasteiger partial charge on any atom is -1.00 e. The molecule has 2 aliphatic rings. The molecule has 0 aliphatic heterocycles. The van der Waals surface area contributed by atoms with Crippen molar-refractivity contribution in [3.63, 3.8) is 0 Å².